The van der Waals surface area contributed by atoms with Crippen LogP contribution in [0.5, 0.6) is 0 Å². The second kappa shape index (κ2) is 24.2. The molecule has 394 valence electrons. The highest BCUT2D eigenvalue weighted by Crippen LogP contribution is 2.32. The van der Waals surface area contributed by atoms with Gasteiger partial charge in [-0.2, -0.15) is 8.42 Å². The minimum absolute atomic E-state index is 0. The van der Waals surface area contributed by atoms with E-state index < -0.39 is 45.3 Å². The average Bonchev–Trinajstić information content (AvgIpc) is 3.80. The average molecular weight is 1020 g/mol. The zero-order valence-electron chi connectivity index (χ0n) is 40.6. The van der Waals surface area contributed by atoms with Crippen molar-refractivity contribution in [1.29, 1.82) is 0 Å². The van der Waals surface area contributed by atoms with E-state index in [9.17, 15) is 42.0 Å². The summed E-state index contributed by atoms with van der Waals surface area (Å²) in [7, 11) is -4.00. The van der Waals surface area contributed by atoms with Gasteiger partial charge in [-0.05, 0) is 114 Å². The van der Waals surface area contributed by atoms with Crippen molar-refractivity contribution in [3.05, 3.63) is 89.0 Å². The molecule has 6 amide bonds. The summed E-state index contributed by atoms with van der Waals surface area (Å²) in [6.45, 7) is 17.7. The topological polar surface area (TPSA) is 259 Å². The summed E-state index contributed by atoms with van der Waals surface area (Å²) < 4.78 is 40.0. The maximum atomic E-state index is 13.1. The van der Waals surface area contributed by atoms with Crippen molar-refractivity contribution >= 4 is 63.1 Å². The van der Waals surface area contributed by atoms with E-state index in [2.05, 4.69) is 26.5 Å². The van der Waals surface area contributed by atoms with E-state index in [0.29, 0.717) is 50.3 Å². The van der Waals surface area contributed by atoms with Crippen molar-refractivity contribution in [3.8, 4) is 0 Å². The zero-order valence-corrected chi connectivity index (χ0v) is 41.4. The summed E-state index contributed by atoms with van der Waals surface area (Å²) in [5.74, 6) is -2.12. The van der Waals surface area contributed by atoms with Gasteiger partial charge in [0.1, 0.15) is 23.3 Å². The van der Waals surface area contributed by atoms with Crippen molar-refractivity contribution in [1.82, 2.24) is 25.3 Å². The van der Waals surface area contributed by atoms with Gasteiger partial charge in [0.05, 0.1) is 4.90 Å². The number of hydrogen-bond acceptors (Lipinski definition) is 14. The molecule has 0 saturated carbocycles. The number of hydrogen-bond donors (Lipinski definition) is 4. The number of carbonyl (C=O) groups excluding carboxylic acids is 7. The SMILES string of the molecule is C.C.CC(C)(C)OC(=O)CC[C@@H](C(N)=O)N1Cc2cc(N3CCN(C(=O)OC(C)(C)C)CC3)ccc2C1=O.O=C1CC[C@H](N2Cc3cc(N4CCNCC4)ccc3C2=O)C(=O)N1.O=S(=O)(O)c1ccccc1. The van der Waals surface area contributed by atoms with E-state index >= 15 is 0 Å². The molecule has 8 rings (SSSR count). The highest BCUT2D eigenvalue weighted by Gasteiger charge is 2.40. The fourth-order valence-corrected chi connectivity index (χ4v) is 9.12. The lowest BCUT2D eigenvalue weighted by molar-refractivity contribution is -0.155. The van der Waals surface area contributed by atoms with E-state index in [1.807, 2.05) is 45.0 Å². The summed E-state index contributed by atoms with van der Waals surface area (Å²) in [6.07, 6.45) is 0.445. The minimum atomic E-state index is -4.00. The predicted molar refractivity (Wildman–Crippen MR) is 272 cm³/mol. The molecule has 72 heavy (non-hydrogen) atoms. The summed E-state index contributed by atoms with van der Waals surface area (Å²) in [4.78, 5) is 94.9. The third-order valence-corrected chi connectivity index (χ3v) is 12.9. The van der Waals surface area contributed by atoms with Crippen LogP contribution in [0.3, 0.4) is 0 Å². The van der Waals surface area contributed by atoms with Crippen LogP contribution in [0.25, 0.3) is 0 Å². The first kappa shape index (κ1) is 58.0. The molecule has 5 aliphatic heterocycles. The number of carbonyl (C=O) groups is 7. The number of rotatable bonds is 9. The zero-order chi connectivity index (χ0) is 51.1. The minimum Gasteiger partial charge on any atom is -0.460 e. The summed E-state index contributed by atoms with van der Waals surface area (Å²) in [6, 6.07) is 17.5. The summed E-state index contributed by atoms with van der Waals surface area (Å²) in [5, 5.41) is 5.66. The molecule has 5 N–H and O–H groups in total. The lowest BCUT2D eigenvalue weighted by Crippen LogP contribution is -2.52. The number of esters is 1. The van der Waals surface area contributed by atoms with Gasteiger partial charge >= 0.3 is 12.1 Å². The first-order valence-electron chi connectivity index (χ1n) is 23.3. The van der Waals surface area contributed by atoms with Crippen LogP contribution in [-0.2, 0) is 51.9 Å². The van der Waals surface area contributed by atoms with Crippen molar-refractivity contribution in [2.75, 3.05) is 62.2 Å². The molecule has 2 atom stereocenters. The van der Waals surface area contributed by atoms with Crippen LogP contribution < -0.4 is 26.2 Å². The van der Waals surface area contributed by atoms with E-state index in [4.69, 9.17) is 19.8 Å². The second-order valence-electron chi connectivity index (χ2n) is 19.5. The van der Waals surface area contributed by atoms with Gasteiger partial charge in [0, 0.05) is 101 Å². The molecule has 21 heteroatoms. The van der Waals surface area contributed by atoms with Gasteiger partial charge < -0.3 is 45.0 Å². The van der Waals surface area contributed by atoms with Crippen molar-refractivity contribution in [2.45, 2.75) is 123 Å². The van der Waals surface area contributed by atoms with Crippen LogP contribution in [0.2, 0.25) is 0 Å². The Morgan fingerprint density at radius 3 is 1.81 bits per heavy atom. The lowest BCUT2D eigenvalue weighted by atomic mass is 10.0. The molecule has 3 aromatic rings. The molecule has 3 fully saturated rings. The monoisotopic (exact) mass is 1020 g/mol. The van der Waals surface area contributed by atoms with Gasteiger partial charge in [0.15, 0.2) is 0 Å². The number of anilines is 2. The molecule has 5 heterocycles. The van der Waals surface area contributed by atoms with Crippen molar-refractivity contribution < 1.29 is 56.0 Å². The molecule has 5 aliphatic rings. The Kier molecular flexibility index (Phi) is 19.5. The Bertz CT molecular complexity index is 2570. The smallest absolute Gasteiger partial charge is 0.410 e. The van der Waals surface area contributed by atoms with Gasteiger partial charge in [0.2, 0.25) is 17.7 Å². The molecule has 0 aromatic heterocycles. The number of imide groups is 1. The number of nitrogens with two attached hydrogens (primary N) is 1. The van der Waals surface area contributed by atoms with Crippen LogP contribution >= 0.6 is 0 Å². The first-order valence-corrected chi connectivity index (χ1v) is 24.8. The third-order valence-electron chi connectivity index (χ3n) is 12.0. The van der Waals surface area contributed by atoms with Gasteiger partial charge in [-0.1, -0.05) is 33.1 Å². The molecule has 0 aliphatic carbocycles. The molecule has 3 aromatic carbocycles. The van der Waals surface area contributed by atoms with Crippen LogP contribution in [0.4, 0.5) is 16.2 Å². The molecular weight excluding hydrogens is 949 g/mol. The normalized spacial score (nSPS) is 18.2. The largest absolute Gasteiger partial charge is 0.460 e. The maximum Gasteiger partial charge on any atom is 0.410 e. The van der Waals surface area contributed by atoms with Crippen molar-refractivity contribution in [2.24, 2.45) is 5.73 Å². The number of piperazine rings is 2. The number of amides is 6. The second-order valence-corrected chi connectivity index (χ2v) is 21.0. The number of nitrogens with one attached hydrogen (secondary N) is 2. The molecule has 3 saturated heterocycles. The predicted octanol–water partition coefficient (Wildman–Crippen LogP) is 4.74. The Labute approximate surface area is 423 Å². The van der Waals surface area contributed by atoms with E-state index in [1.54, 1.807) is 54.8 Å². The van der Waals surface area contributed by atoms with E-state index in [-0.39, 0.29) is 75.3 Å². The Morgan fingerprint density at radius 1 is 0.750 bits per heavy atom. The molecule has 0 unspecified atom stereocenters. The Balaban J connectivity index is 0.000000267. The fourth-order valence-electron chi connectivity index (χ4n) is 8.62. The van der Waals surface area contributed by atoms with Gasteiger partial charge in [0.25, 0.3) is 21.9 Å². The molecule has 0 spiro atoms. The molecule has 0 bridgehead atoms. The van der Waals surface area contributed by atoms with Gasteiger partial charge in [-0.25, -0.2) is 4.79 Å². The quantitative estimate of drug-likeness (QED) is 0.128. The molecular formula is C51H72N8O12S. The number of benzene rings is 3. The highest BCUT2D eigenvalue weighted by atomic mass is 32.2. The van der Waals surface area contributed by atoms with Gasteiger partial charge in [-0.15, -0.1) is 0 Å². The van der Waals surface area contributed by atoms with Crippen LogP contribution in [0.15, 0.2) is 71.6 Å². The Hall–Kier alpha value is -6.58. The number of primary amides is 1. The third kappa shape index (κ3) is 15.2. The van der Waals surface area contributed by atoms with Crippen LogP contribution in [-0.4, -0.2) is 145 Å². The molecule has 0 radical (unpaired) electrons. The van der Waals surface area contributed by atoms with Gasteiger partial charge in [-0.3, -0.25) is 38.6 Å². The summed E-state index contributed by atoms with van der Waals surface area (Å²) >= 11 is 0. The fraction of sp³-hybridized carbons (Fsp3) is 0.510. The van der Waals surface area contributed by atoms with Crippen LogP contribution in [0, 0.1) is 0 Å². The highest BCUT2D eigenvalue weighted by molar-refractivity contribution is 7.85. The number of ether oxygens (including phenoxy) is 2. The number of piperidine rings is 1. The molecule has 20 nitrogen and oxygen atoms in total. The Morgan fingerprint density at radius 2 is 1.29 bits per heavy atom. The lowest BCUT2D eigenvalue weighted by Gasteiger charge is -2.36. The van der Waals surface area contributed by atoms with E-state index in [0.717, 1.165) is 48.7 Å². The van der Waals surface area contributed by atoms with Crippen molar-refractivity contribution in [3.63, 3.8) is 0 Å². The maximum absolute atomic E-state index is 13.1. The summed E-state index contributed by atoms with van der Waals surface area (Å²) in [5.41, 5.74) is 9.45. The standard InChI is InChI=1S/C26H38N4O6.C17H20N4O3.C6H6O3S.2CH4/c1-25(2,3)35-21(31)10-9-20(22(27)32)30-16-17-15-18(7-8-19(17)23(30)33)28-11-13-29(14-12-28)24(34)36-26(4,5)6;22-15-4-3-14(16(23)19-15)21-10-11-9-12(1-2-13(11)17(21)24)20-7-5-18-6-8-20;7-10(8,9)6-4-2-1-3-5-6;;/h7-8,15,20H,9-14,16H2,1-6H3,(H2,27,32);1-2,9,14,18H,3-8,10H2,(H,19,22,23);1-5H,(H,7,8,9);2*1H4/t20-;14-;;;/m00.../s1. The van der Waals surface area contributed by atoms with Crippen LogP contribution in [0.1, 0.15) is 114 Å². The van der Waals surface area contributed by atoms with E-state index in [1.165, 1.54) is 17.0 Å². The number of nitrogens with zero attached hydrogens (tertiary/aromatic N) is 5. The number of fused-ring (bicyclic) bond motifs is 2. The first-order chi connectivity index (χ1) is 32.9.